The Bertz CT molecular complexity index is 974. The summed E-state index contributed by atoms with van der Waals surface area (Å²) >= 11 is 1.32. The zero-order chi connectivity index (χ0) is 18.9. The number of nitrogens with zero attached hydrogens (tertiary/aromatic N) is 2. The molecule has 131 valence electrons. The molecule has 0 saturated heterocycles. The van der Waals surface area contributed by atoms with Crippen molar-refractivity contribution in [1.82, 2.24) is 4.98 Å². The quantitative estimate of drug-likeness (QED) is 0.720. The maximum absolute atomic E-state index is 14.1. The topological polar surface area (TPSA) is 56.9 Å². The smallest absolute Gasteiger partial charge is 0.132 e. The average Bonchev–Trinajstić information content (AvgIpc) is 3.10. The number of hydrogen-bond acceptors (Lipinski definition) is 4. The third kappa shape index (κ3) is 3.36. The third-order valence-corrected chi connectivity index (χ3v) is 5.34. The molecule has 1 N–H and O–H groups in total. The zero-order valence-electron chi connectivity index (χ0n) is 13.9. The molecule has 1 radical (unpaired) electrons. The lowest BCUT2D eigenvalue weighted by Crippen LogP contribution is -2.30. The van der Waals surface area contributed by atoms with Crippen LogP contribution in [0.2, 0.25) is 0 Å². The summed E-state index contributed by atoms with van der Waals surface area (Å²) in [4.78, 5) is 4.51. The van der Waals surface area contributed by atoms with Crippen LogP contribution in [0.25, 0.3) is 11.3 Å². The summed E-state index contributed by atoms with van der Waals surface area (Å²) in [5.74, 6) is -2.18. The SMILES string of the molecule is [CH2][C@](O)(c1ccc(F)cc1F)[C@@H](C)c1nc(-c2ccc(C#N)cc2)cs1. The van der Waals surface area contributed by atoms with Crippen molar-refractivity contribution >= 4 is 11.3 Å². The molecule has 6 heteroatoms. The van der Waals surface area contributed by atoms with Gasteiger partial charge in [-0.05, 0) is 25.1 Å². The second kappa shape index (κ2) is 6.94. The van der Waals surface area contributed by atoms with E-state index in [1.165, 1.54) is 17.4 Å². The van der Waals surface area contributed by atoms with Gasteiger partial charge in [0.15, 0.2) is 0 Å². The Labute approximate surface area is 154 Å². The Hall–Kier alpha value is -2.62. The van der Waals surface area contributed by atoms with E-state index in [4.69, 9.17) is 5.26 Å². The van der Waals surface area contributed by atoms with Gasteiger partial charge in [-0.3, -0.25) is 0 Å². The molecule has 0 unspecified atom stereocenters. The number of aromatic nitrogens is 1. The van der Waals surface area contributed by atoms with Gasteiger partial charge in [0.05, 0.1) is 22.3 Å². The number of aliphatic hydroxyl groups is 1. The molecular formula is C20H15F2N2OS. The number of nitriles is 1. The Balaban J connectivity index is 1.91. The van der Waals surface area contributed by atoms with Gasteiger partial charge in [0.1, 0.15) is 17.2 Å². The first kappa shape index (κ1) is 18.2. The van der Waals surface area contributed by atoms with E-state index in [0.29, 0.717) is 16.3 Å². The Kier molecular flexibility index (Phi) is 4.86. The van der Waals surface area contributed by atoms with Gasteiger partial charge in [-0.2, -0.15) is 5.26 Å². The van der Waals surface area contributed by atoms with E-state index in [1.54, 1.807) is 31.2 Å². The maximum Gasteiger partial charge on any atom is 0.132 e. The fraction of sp³-hybridized carbons (Fsp3) is 0.150. The predicted octanol–water partition coefficient (Wildman–Crippen LogP) is 4.79. The fourth-order valence-electron chi connectivity index (χ4n) is 2.61. The number of hydrogen-bond donors (Lipinski definition) is 1. The van der Waals surface area contributed by atoms with Crippen molar-refractivity contribution in [2.75, 3.05) is 0 Å². The number of rotatable bonds is 4. The van der Waals surface area contributed by atoms with Gasteiger partial charge in [-0.1, -0.05) is 25.1 Å². The molecule has 1 aromatic heterocycles. The van der Waals surface area contributed by atoms with Crippen LogP contribution in [0, 0.1) is 29.9 Å². The summed E-state index contributed by atoms with van der Waals surface area (Å²) in [5, 5.41) is 22.0. The van der Waals surface area contributed by atoms with Crippen LogP contribution >= 0.6 is 11.3 Å². The van der Waals surface area contributed by atoms with Gasteiger partial charge in [0.25, 0.3) is 0 Å². The maximum atomic E-state index is 14.1. The molecule has 0 saturated carbocycles. The lowest BCUT2D eigenvalue weighted by molar-refractivity contribution is 0.0568. The molecule has 0 fully saturated rings. The van der Waals surface area contributed by atoms with Crippen molar-refractivity contribution < 1.29 is 13.9 Å². The van der Waals surface area contributed by atoms with Crippen molar-refractivity contribution in [3.8, 4) is 17.3 Å². The molecule has 3 rings (SSSR count). The van der Waals surface area contributed by atoms with Crippen LogP contribution < -0.4 is 0 Å². The highest BCUT2D eigenvalue weighted by molar-refractivity contribution is 7.10. The molecule has 0 spiro atoms. The minimum absolute atomic E-state index is 0.0819. The molecule has 3 nitrogen and oxygen atoms in total. The van der Waals surface area contributed by atoms with E-state index in [1.807, 2.05) is 5.38 Å². The first-order chi connectivity index (χ1) is 12.3. The van der Waals surface area contributed by atoms with Gasteiger partial charge in [-0.15, -0.1) is 11.3 Å². The predicted molar refractivity (Wildman–Crippen MR) is 96.3 cm³/mol. The van der Waals surface area contributed by atoms with Crippen LogP contribution in [0.3, 0.4) is 0 Å². The lowest BCUT2D eigenvalue weighted by atomic mass is 9.84. The molecule has 0 aliphatic heterocycles. The van der Waals surface area contributed by atoms with Gasteiger partial charge in [-0.25, -0.2) is 13.8 Å². The van der Waals surface area contributed by atoms with Gasteiger partial charge in [0, 0.05) is 28.5 Å². The van der Waals surface area contributed by atoms with Gasteiger partial charge in [0.2, 0.25) is 0 Å². The molecule has 26 heavy (non-hydrogen) atoms. The zero-order valence-corrected chi connectivity index (χ0v) is 14.7. The number of halogens is 2. The van der Waals surface area contributed by atoms with E-state index in [2.05, 4.69) is 18.0 Å². The minimum Gasteiger partial charge on any atom is -0.384 e. The average molecular weight is 369 g/mol. The van der Waals surface area contributed by atoms with Crippen molar-refractivity contribution in [2.24, 2.45) is 0 Å². The van der Waals surface area contributed by atoms with Crippen molar-refractivity contribution in [1.29, 1.82) is 5.26 Å². The second-order valence-corrected chi connectivity index (χ2v) is 6.92. The minimum atomic E-state index is -1.79. The molecule has 1 heterocycles. The molecule has 0 amide bonds. The highest BCUT2D eigenvalue weighted by atomic mass is 32.1. The molecule has 0 bridgehead atoms. The third-order valence-electron chi connectivity index (χ3n) is 4.32. The van der Waals surface area contributed by atoms with Crippen LogP contribution in [0.4, 0.5) is 8.78 Å². The second-order valence-electron chi connectivity index (χ2n) is 6.03. The Morgan fingerprint density at radius 2 is 1.92 bits per heavy atom. The molecule has 0 aliphatic rings. The van der Waals surface area contributed by atoms with Crippen molar-refractivity contribution in [3.63, 3.8) is 0 Å². The summed E-state index contributed by atoms with van der Waals surface area (Å²) < 4.78 is 27.2. The first-order valence-corrected chi connectivity index (χ1v) is 8.70. The number of thiazole rings is 1. The monoisotopic (exact) mass is 369 g/mol. The van der Waals surface area contributed by atoms with E-state index >= 15 is 0 Å². The lowest BCUT2D eigenvalue weighted by Gasteiger charge is -2.29. The number of benzene rings is 2. The molecular weight excluding hydrogens is 354 g/mol. The normalized spacial score (nSPS) is 14.5. The Morgan fingerprint density at radius 1 is 1.23 bits per heavy atom. The van der Waals surface area contributed by atoms with Gasteiger partial charge < -0.3 is 5.11 Å². The van der Waals surface area contributed by atoms with Crippen molar-refractivity contribution in [3.05, 3.63) is 82.5 Å². The molecule has 2 aromatic carbocycles. The van der Waals surface area contributed by atoms with Gasteiger partial charge >= 0.3 is 0 Å². The van der Waals surface area contributed by atoms with Crippen LogP contribution in [0.15, 0.2) is 47.8 Å². The van der Waals surface area contributed by atoms with E-state index in [0.717, 1.165) is 17.7 Å². The summed E-state index contributed by atoms with van der Waals surface area (Å²) in [7, 11) is 0. The van der Waals surface area contributed by atoms with Crippen LogP contribution in [0.5, 0.6) is 0 Å². The van der Waals surface area contributed by atoms with Crippen LogP contribution in [-0.2, 0) is 5.60 Å². The van der Waals surface area contributed by atoms with E-state index in [-0.39, 0.29) is 5.56 Å². The highest BCUT2D eigenvalue weighted by Gasteiger charge is 2.36. The van der Waals surface area contributed by atoms with E-state index < -0.39 is 23.2 Å². The summed E-state index contributed by atoms with van der Waals surface area (Å²) in [6.45, 7) is 5.43. The standard InChI is InChI=1S/C20H15F2N2OS/c1-12(20(2,25)16-8-7-15(21)9-17(16)22)19-24-18(11-26-19)14-5-3-13(10-23)4-6-14/h3-9,11-12,25H,2H2,1H3/t12-,20+/m0/s1. The highest BCUT2D eigenvalue weighted by Crippen LogP contribution is 2.39. The first-order valence-electron chi connectivity index (χ1n) is 7.82. The van der Waals surface area contributed by atoms with E-state index in [9.17, 15) is 13.9 Å². The largest absolute Gasteiger partial charge is 0.384 e. The summed E-state index contributed by atoms with van der Waals surface area (Å²) in [6.07, 6.45) is 0. The van der Waals surface area contributed by atoms with Crippen LogP contribution in [-0.4, -0.2) is 10.1 Å². The molecule has 0 aliphatic carbocycles. The molecule has 2 atom stereocenters. The summed E-state index contributed by atoms with van der Waals surface area (Å²) in [6, 6.07) is 12.0. The molecule has 3 aromatic rings. The Morgan fingerprint density at radius 3 is 2.54 bits per heavy atom. The fourth-order valence-corrected chi connectivity index (χ4v) is 3.58. The summed E-state index contributed by atoms with van der Waals surface area (Å²) in [5.41, 5.74) is 0.200. The van der Waals surface area contributed by atoms with Crippen molar-refractivity contribution in [2.45, 2.75) is 18.4 Å². The van der Waals surface area contributed by atoms with Crippen LogP contribution in [0.1, 0.15) is 29.0 Å².